The molecule has 1 aromatic carbocycles. The van der Waals surface area contributed by atoms with Gasteiger partial charge in [-0.1, -0.05) is 12.1 Å². The molecule has 2 aromatic rings. The summed E-state index contributed by atoms with van der Waals surface area (Å²) in [5.74, 6) is 0. The van der Waals surface area contributed by atoms with Gasteiger partial charge in [-0.25, -0.2) is 0 Å². The summed E-state index contributed by atoms with van der Waals surface area (Å²) >= 11 is 0. The van der Waals surface area contributed by atoms with Gasteiger partial charge in [0.25, 0.3) is 0 Å². The Morgan fingerprint density at radius 3 is 2.56 bits per heavy atom. The zero-order valence-electron chi connectivity index (χ0n) is 10.4. The highest BCUT2D eigenvalue weighted by Gasteiger charge is 2.21. The van der Waals surface area contributed by atoms with E-state index >= 15 is 0 Å². The van der Waals surface area contributed by atoms with Gasteiger partial charge in [-0.3, -0.25) is 0 Å². The van der Waals surface area contributed by atoms with Gasteiger partial charge < -0.3 is 9.67 Å². The Morgan fingerprint density at radius 1 is 1.31 bits per heavy atom. The van der Waals surface area contributed by atoms with Crippen molar-refractivity contribution in [1.29, 1.82) is 0 Å². The van der Waals surface area contributed by atoms with Crippen LogP contribution in [0.15, 0.2) is 24.4 Å². The highest BCUT2D eigenvalue weighted by atomic mass is 16.3. The van der Waals surface area contributed by atoms with Gasteiger partial charge in [0.05, 0.1) is 5.60 Å². The van der Waals surface area contributed by atoms with Crippen LogP contribution >= 0.6 is 0 Å². The van der Waals surface area contributed by atoms with Crippen molar-refractivity contribution in [3.63, 3.8) is 0 Å². The molecule has 0 atom stereocenters. The lowest BCUT2D eigenvalue weighted by atomic mass is 9.97. The van der Waals surface area contributed by atoms with Crippen molar-refractivity contribution >= 4 is 10.9 Å². The molecule has 0 aliphatic carbocycles. The van der Waals surface area contributed by atoms with Crippen LogP contribution in [-0.2, 0) is 12.1 Å². The molecule has 2 nitrogen and oxygen atoms in total. The van der Waals surface area contributed by atoms with Crippen molar-refractivity contribution in [3.05, 3.63) is 35.5 Å². The lowest BCUT2D eigenvalue weighted by Gasteiger charge is -2.16. The number of aryl methyl sites for hydroxylation is 2. The maximum absolute atomic E-state index is 10.2. The summed E-state index contributed by atoms with van der Waals surface area (Å²) in [6.45, 7) is 8.81. The maximum atomic E-state index is 10.2. The van der Waals surface area contributed by atoms with Crippen LogP contribution in [-0.4, -0.2) is 9.67 Å². The van der Waals surface area contributed by atoms with Crippen LogP contribution in [0.3, 0.4) is 0 Å². The summed E-state index contributed by atoms with van der Waals surface area (Å²) in [5, 5.41) is 11.3. The van der Waals surface area contributed by atoms with Crippen molar-refractivity contribution in [3.8, 4) is 0 Å². The minimum absolute atomic E-state index is 0.784. The third-order valence-electron chi connectivity index (χ3n) is 3.04. The smallest absolute Gasteiger partial charge is 0.0861 e. The summed E-state index contributed by atoms with van der Waals surface area (Å²) in [6, 6.07) is 6.37. The molecule has 0 amide bonds. The second-order valence-electron chi connectivity index (χ2n) is 4.91. The van der Waals surface area contributed by atoms with E-state index in [2.05, 4.69) is 42.8 Å². The number of aliphatic hydroxyl groups is 1. The zero-order chi connectivity index (χ0) is 11.9. The number of hydrogen-bond donors (Lipinski definition) is 1. The molecule has 0 aliphatic rings. The average molecular weight is 217 g/mol. The largest absolute Gasteiger partial charge is 0.386 e. The monoisotopic (exact) mass is 217 g/mol. The van der Waals surface area contributed by atoms with E-state index in [-0.39, 0.29) is 0 Å². The molecule has 0 unspecified atom stereocenters. The van der Waals surface area contributed by atoms with Crippen LogP contribution in [0.1, 0.15) is 31.9 Å². The summed E-state index contributed by atoms with van der Waals surface area (Å²) in [4.78, 5) is 0. The van der Waals surface area contributed by atoms with Gasteiger partial charge in [0.15, 0.2) is 0 Å². The number of fused-ring (bicyclic) bond motifs is 1. The standard InChI is InChI=1S/C14H19NO/c1-5-15-9-12(14(3,4)16)11-7-6-10(2)8-13(11)15/h6-9,16H,5H2,1-4H3. The van der Waals surface area contributed by atoms with E-state index in [4.69, 9.17) is 0 Å². The van der Waals surface area contributed by atoms with E-state index in [1.54, 1.807) is 0 Å². The van der Waals surface area contributed by atoms with E-state index in [1.807, 2.05) is 13.8 Å². The van der Waals surface area contributed by atoms with Crippen LogP contribution in [0.2, 0.25) is 0 Å². The summed E-state index contributed by atoms with van der Waals surface area (Å²) < 4.78 is 2.19. The Labute approximate surface area is 96.5 Å². The number of hydrogen-bond acceptors (Lipinski definition) is 1. The fourth-order valence-electron chi connectivity index (χ4n) is 2.15. The molecule has 0 radical (unpaired) electrons. The summed E-state index contributed by atoms with van der Waals surface area (Å²) in [5.41, 5.74) is 2.68. The molecule has 2 rings (SSSR count). The van der Waals surface area contributed by atoms with E-state index in [1.165, 1.54) is 11.1 Å². The van der Waals surface area contributed by atoms with E-state index in [9.17, 15) is 5.11 Å². The van der Waals surface area contributed by atoms with E-state index in [0.29, 0.717) is 0 Å². The van der Waals surface area contributed by atoms with Crippen LogP contribution in [0.5, 0.6) is 0 Å². The van der Waals surface area contributed by atoms with Gasteiger partial charge in [-0.15, -0.1) is 0 Å². The van der Waals surface area contributed by atoms with Crippen LogP contribution < -0.4 is 0 Å². The predicted molar refractivity (Wildman–Crippen MR) is 67.6 cm³/mol. The third kappa shape index (κ3) is 1.74. The molecule has 1 aromatic heterocycles. The summed E-state index contributed by atoms with van der Waals surface area (Å²) in [7, 11) is 0. The van der Waals surface area contributed by atoms with Crippen LogP contribution in [0, 0.1) is 6.92 Å². The number of rotatable bonds is 2. The molecule has 86 valence electrons. The molecular weight excluding hydrogens is 198 g/mol. The Morgan fingerprint density at radius 2 is 2.00 bits per heavy atom. The summed E-state index contributed by atoms with van der Waals surface area (Å²) in [6.07, 6.45) is 2.06. The second-order valence-corrected chi connectivity index (χ2v) is 4.91. The van der Waals surface area contributed by atoms with Crippen LogP contribution in [0.25, 0.3) is 10.9 Å². The zero-order valence-corrected chi connectivity index (χ0v) is 10.4. The average Bonchev–Trinajstić information content (AvgIpc) is 2.55. The predicted octanol–water partition coefficient (Wildman–Crippen LogP) is 3.20. The van der Waals surface area contributed by atoms with E-state index in [0.717, 1.165) is 17.5 Å². The van der Waals surface area contributed by atoms with Gasteiger partial charge in [0, 0.05) is 29.2 Å². The maximum Gasteiger partial charge on any atom is 0.0861 e. The van der Waals surface area contributed by atoms with Gasteiger partial charge in [0.1, 0.15) is 0 Å². The molecule has 1 heterocycles. The highest BCUT2D eigenvalue weighted by molar-refractivity contribution is 5.85. The lowest BCUT2D eigenvalue weighted by Crippen LogP contribution is -2.14. The minimum Gasteiger partial charge on any atom is -0.386 e. The van der Waals surface area contributed by atoms with Crippen molar-refractivity contribution < 1.29 is 5.11 Å². The Kier molecular flexibility index (Phi) is 2.55. The first-order valence-electron chi connectivity index (χ1n) is 5.76. The Hall–Kier alpha value is -1.28. The van der Waals surface area contributed by atoms with Gasteiger partial charge in [0.2, 0.25) is 0 Å². The van der Waals surface area contributed by atoms with Crippen molar-refractivity contribution in [1.82, 2.24) is 4.57 Å². The van der Waals surface area contributed by atoms with Crippen molar-refractivity contribution in [2.24, 2.45) is 0 Å². The molecule has 0 aliphatic heterocycles. The fourth-order valence-corrected chi connectivity index (χ4v) is 2.15. The molecule has 0 spiro atoms. The Bertz CT molecular complexity index is 517. The molecule has 0 fully saturated rings. The molecule has 0 saturated heterocycles. The van der Waals surface area contributed by atoms with Crippen LogP contribution in [0.4, 0.5) is 0 Å². The number of nitrogens with zero attached hydrogens (tertiary/aromatic N) is 1. The molecular formula is C14H19NO. The lowest BCUT2D eigenvalue weighted by molar-refractivity contribution is 0.0800. The quantitative estimate of drug-likeness (QED) is 0.821. The first-order valence-corrected chi connectivity index (χ1v) is 5.76. The fraction of sp³-hybridized carbons (Fsp3) is 0.429. The number of aromatic nitrogens is 1. The molecule has 2 heteroatoms. The Balaban J connectivity index is 2.78. The van der Waals surface area contributed by atoms with Crippen molar-refractivity contribution in [2.75, 3.05) is 0 Å². The third-order valence-corrected chi connectivity index (χ3v) is 3.04. The molecule has 1 N–H and O–H groups in total. The first kappa shape index (κ1) is 11.2. The number of benzene rings is 1. The van der Waals surface area contributed by atoms with Crippen molar-refractivity contribution in [2.45, 2.75) is 39.8 Å². The van der Waals surface area contributed by atoms with Gasteiger partial charge in [-0.2, -0.15) is 0 Å². The molecule has 0 bridgehead atoms. The van der Waals surface area contributed by atoms with E-state index < -0.39 is 5.60 Å². The SMILES string of the molecule is CCn1cc(C(C)(C)O)c2ccc(C)cc21. The molecule has 0 saturated carbocycles. The highest BCUT2D eigenvalue weighted by Crippen LogP contribution is 2.30. The normalized spacial score (nSPS) is 12.3. The first-order chi connectivity index (χ1) is 7.43. The second kappa shape index (κ2) is 3.63. The van der Waals surface area contributed by atoms with Gasteiger partial charge in [-0.05, 0) is 39.3 Å². The minimum atomic E-state index is -0.784. The molecule has 16 heavy (non-hydrogen) atoms. The van der Waals surface area contributed by atoms with Gasteiger partial charge >= 0.3 is 0 Å². The topological polar surface area (TPSA) is 25.2 Å².